The van der Waals surface area contributed by atoms with Crippen LogP contribution in [0.15, 0.2) is 42.6 Å². The Morgan fingerprint density at radius 1 is 0.925 bits per heavy atom. The second-order valence-electron chi connectivity index (χ2n) is 18.5. The van der Waals surface area contributed by atoms with Crippen LogP contribution in [0.25, 0.3) is 22.0 Å². The van der Waals surface area contributed by atoms with Gasteiger partial charge in [-0.25, -0.2) is 13.2 Å². The molecule has 3 aromatic carbocycles. The molecule has 5 aliphatic rings. The van der Waals surface area contributed by atoms with Gasteiger partial charge in [0.25, 0.3) is 11.8 Å². The van der Waals surface area contributed by atoms with Crippen LogP contribution in [0, 0.1) is 17.5 Å². The number of likely N-dealkylation sites (tertiary alicyclic amines) is 1. The molecule has 5 aliphatic heterocycles. The fourth-order valence-electron chi connectivity index (χ4n) is 10.8. The van der Waals surface area contributed by atoms with Gasteiger partial charge in [0.2, 0.25) is 17.7 Å². The maximum atomic E-state index is 16.8. The summed E-state index contributed by atoms with van der Waals surface area (Å²) in [4.78, 5) is 77.4. The third kappa shape index (κ3) is 8.71. The number of nitrogens with zero attached hydrogens (tertiary/aromatic N) is 6. The van der Waals surface area contributed by atoms with E-state index in [0.29, 0.717) is 41.7 Å². The molecular weight excluding hydrogens is 887 g/mol. The number of anilines is 2. The average Bonchev–Trinajstić information content (AvgIpc) is 3.63. The zero-order valence-electron chi connectivity index (χ0n) is 38.0. The monoisotopic (exact) mass is 941 g/mol. The highest BCUT2D eigenvalue weighted by Gasteiger charge is 2.45. The lowest BCUT2D eigenvalue weighted by molar-refractivity contribution is -0.137. The number of hydrogen-bond acceptors (Lipinski definition) is 9. The lowest BCUT2D eigenvalue weighted by atomic mass is 9.85. The smallest absolute Gasteiger partial charge is 0.255 e. The van der Waals surface area contributed by atoms with Gasteiger partial charge in [-0.15, -0.1) is 0 Å². The average molecular weight is 942 g/mol. The number of hydrogen-bond donors (Lipinski definition) is 1. The number of pyridine rings is 1. The molecule has 5 amide bonds. The Balaban J connectivity index is 0.778. The van der Waals surface area contributed by atoms with Gasteiger partial charge >= 0.3 is 0 Å². The molecule has 0 spiro atoms. The van der Waals surface area contributed by atoms with E-state index in [-0.39, 0.29) is 95.5 Å². The lowest BCUT2D eigenvalue weighted by Gasteiger charge is -2.50. The predicted molar refractivity (Wildman–Crippen MR) is 248 cm³/mol. The number of unbranched alkanes of at least 4 members (excludes halogenated alkanes) is 4. The first-order chi connectivity index (χ1) is 32.2. The van der Waals surface area contributed by atoms with Gasteiger partial charge < -0.3 is 29.2 Å². The summed E-state index contributed by atoms with van der Waals surface area (Å²) in [5.41, 5.74) is 2.73. The van der Waals surface area contributed by atoms with Crippen molar-refractivity contribution in [1.82, 2.24) is 25.0 Å². The Hall–Kier alpha value is -5.74. The Morgan fingerprint density at radius 3 is 2.45 bits per heavy atom. The first-order valence-electron chi connectivity index (χ1n) is 23.5. The molecule has 1 unspecified atom stereocenters. The van der Waals surface area contributed by atoms with Crippen LogP contribution in [0.5, 0.6) is 5.75 Å². The Kier molecular flexibility index (Phi) is 13.2. The summed E-state index contributed by atoms with van der Waals surface area (Å²) in [7, 11) is 1.63. The van der Waals surface area contributed by atoms with Gasteiger partial charge in [-0.05, 0) is 106 Å². The molecule has 3 atom stereocenters. The Morgan fingerprint density at radius 2 is 1.69 bits per heavy atom. The number of piperidine rings is 2. The maximum absolute atomic E-state index is 16.8. The van der Waals surface area contributed by atoms with E-state index in [1.165, 1.54) is 34.2 Å². The van der Waals surface area contributed by atoms with Crippen LogP contribution < -0.4 is 19.9 Å². The predicted octanol–water partition coefficient (Wildman–Crippen LogP) is 7.73. The fraction of sp³-hybridized carbons (Fsp3) is 0.480. The molecular formula is C50H55ClF3N7O6. The normalized spacial score (nSPS) is 21.2. The molecule has 9 rings (SSSR count). The number of nitrogens with one attached hydrogen (secondary N) is 1. The van der Waals surface area contributed by atoms with Crippen molar-refractivity contribution < 1.29 is 41.9 Å². The quantitative estimate of drug-likeness (QED) is 0.106. The fourth-order valence-corrected chi connectivity index (χ4v) is 11.1. The van der Waals surface area contributed by atoms with E-state index < -0.39 is 35.4 Å². The highest BCUT2D eigenvalue weighted by molar-refractivity contribution is 6.35. The minimum absolute atomic E-state index is 0.0227. The largest absolute Gasteiger partial charge is 0.493 e. The number of rotatable bonds is 13. The van der Waals surface area contributed by atoms with Crippen LogP contribution in [0.2, 0.25) is 5.02 Å². The summed E-state index contributed by atoms with van der Waals surface area (Å²) in [5, 5.41) is 2.67. The van der Waals surface area contributed by atoms with Crippen molar-refractivity contribution in [2.24, 2.45) is 0 Å². The van der Waals surface area contributed by atoms with E-state index in [0.717, 1.165) is 69.3 Å². The number of carbonyl (C=O) groups excluding carboxylic acids is 5. The molecule has 6 heterocycles. The topological polar surface area (TPSA) is 136 Å². The molecule has 0 aliphatic carbocycles. The number of likely N-dealkylation sites (N-methyl/N-ethyl adjacent to an activating group) is 1. The van der Waals surface area contributed by atoms with Crippen molar-refractivity contribution >= 4 is 63.4 Å². The van der Waals surface area contributed by atoms with E-state index in [4.69, 9.17) is 16.3 Å². The van der Waals surface area contributed by atoms with Crippen molar-refractivity contribution in [2.75, 3.05) is 56.2 Å². The van der Waals surface area contributed by atoms with E-state index >= 15 is 8.78 Å². The van der Waals surface area contributed by atoms with E-state index in [9.17, 15) is 28.4 Å². The van der Waals surface area contributed by atoms with E-state index in [2.05, 4.69) is 15.2 Å². The third-order valence-corrected chi connectivity index (χ3v) is 14.7. The molecule has 4 aromatic rings. The molecule has 0 bridgehead atoms. The molecule has 0 saturated carbocycles. The summed E-state index contributed by atoms with van der Waals surface area (Å²) >= 11 is 6.88. The van der Waals surface area contributed by atoms with E-state index in [1.807, 2.05) is 11.8 Å². The number of carbonyl (C=O) groups is 5. The standard InChI is InChI=1S/C50H55ClF3N7O6/c1-4-42(63)59-27-39-50(66)57(3)38-24-55-46-33(47(38)60(39)25-28(59)2)23-35(51)43(45(46)54)44-36(53)11-10-12-40(44)67-20-9-7-5-6-8-17-58-18-15-29(16-19-58)31-21-30(52)22-32-34(31)26-61(49(32)65)37-13-14-41(62)56-48(37)64/h10-12,21-24,28-29,37,39H,4-9,13-20,25-27H2,1-3H3,(H,56,62,64)/t28-,37?,39-/m1/s1. The molecule has 354 valence electrons. The molecule has 13 nitrogen and oxygen atoms in total. The summed E-state index contributed by atoms with van der Waals surface area (Å²) < 4.78 is 53.6. The number of benzene rings is 3. The lowest BCUT2D eigenvalue weighted by Crippen LogP contribution is -2.65. The van der Waals surface area contributed by atoms with Gasteiger partial charge in [-0.3, -0.25) is 34.3 Å². The summed E-state index contributed by atoms with van der Waals surface area (Å²) in [6, 6.07) is 7.10. The van der Waals surface area contributed by atoms with Crippen molar-refractivity contribution in [1.29, 1.82) is 0 Å². The summed E-state index contributed by atoms with van der Waals surface area (Å²) in [6.45, 7) is 7.39. The molecule has 17 heteroatoms. The van der Waals surface area contributed by atoms with Gasteiger partial charge in [-0.1, -0.05) is 43.9 Å². The number of ether oxygens (including phenoxy) is 1. The zero-order valence-corrected chi connectivity index (χ0v) is 38.8. The highest BCUT2D eigenvalue weighted by atomic mass is 35.5. The molecule has 67 heavy (non-hydrogen) atoms. The van der Waals surface area contributed by atoms with Gasteiger partial charge in [0.15, 0.2) is 5.82 Å². The van der Waals surface area contributed by atoms with Crippen LogP contribution in [0.3, 0.4) is 0 Å². The Labute approximate surface area is 392 Å². The number of imide groups is 1. The van der Waals surface area contributed by atoms with Crippen molar-refractivity contribution in [2.45, 2.75) is 109 Å². The second kappa shape index (κ2) is 19.1. The van der Waals surface area contributed by atoms with Gasteiger partial charge in [0.05, 0.1) is 41.3 Å². The first-order valence-corrected chi connectivity index (χ1v) is 23.9. The minimum Gasteiger partial charge on any atom is -0.493 e. The Bertz CT molecular complexity index is 2660. The zero-order chi connectivity index (χ0) is 47.3. The maximum Gasteiger partial charge on any atom is 0.255 e. The van der Waals surface area contributed by atoms with Crippen molar-refractivity contribution in [3.8, 4) is 16.9 Å². The van der Waals surface area contributed by atoms with Crippen LogP contribution in [0.1, 0.15) is 105 Å². The SMILES string of the molecule is CCC(=O)N1C[C@@H]2C(=O)N(C)c3cnc4c(F)c(-c5c(F)cccc5OCCCCCCCN5CCC(c6cc(F)cc7c6CN(C6CCC(=O)NC6=O)C7=O)CC5)c(Cl)cc4c3N2C[C@H]1C. The number of amides is 5. The molecule has 0 radical (unpaired) electrons. The third-order valence-electron chi connectivity index (χ3n) is 14.4. The molecule has 3 fully saturated rings. The van der Waals surface area contributed by atoms with Crippen LogP contribution >= 0.6 is 11.6 Å². The van der Waals surface area contributed by atoms with E-state index in [1.54, 1.807) is 37.1 Å². The molecule has 1 N–H and O–H groups in total. The van der Waals surface area contributed by atoms with Gasteiger partial charge in [-0.2, -0.15) is 0 Å². The van der Waals surface area contributed by atoms with Crippen molar-refractivity contribution in [3.05, 3.63) is 81.8 Å². The second-order valence-corrected chi connectivity index (χ2v) is 18.9. The summed E-state index contributed by atoms with van der Waals surface area (Å²) in [5.74, 6) is -3.15. The minimum atomic E-state index is -0.805. The van der Waals surface area contributed by atoms with Crippen LogP contribution in [-0.2, 0) is 25.7 Å². The molecule has 3 saturated heterocycles. The number of fused-ring (bicyclic) bond motifs is 6. The van der Waals surface area contributed by atoms with Gasteiger partial charge in [0, 0.05) is 55.5 Å². The number of halogens is 4. The van der Waals surface area contributed by atoms with Crippen LogP contribution in [0.4, 0.5) is 24.5 Å². The number of aromatic nitrogens is 1. The summed E-state index contributed by atoms with van der Waals surface area (Å²) in [6.07, 6.45) is 8.39. The first kappa shape index (κ1) is 46.4. The molecule has 1 aromatic heterocycles. The van der Waals surface area contributed by atoms with Crippen LogP contribution in [-0.4, -0.2) is 114 Å². The van der Waals surface area contributed by atoms with Gasteiger partial charge in [0.1, 0.15) is 35.0 Å². The van der Waals surface area contributed by atoms with Crippen molar-refractivity contribution in [3.63, 3.8) is 0 Å². The number of piperazine rings is 1. The highest BCUT2D eigenvalue weighted by Crippen LogP contribution is 2.47.